The Kier molecular flexibility index (Phi) is 5.76. The lowest BCUT2D eigenvalue weighted by atomic mass is 10.1. The third-order valence-electron chi connectivity index (χ3n) is 4.22. The van der Waals surface area contributed by atoms with Crippen LogP contribution in [0.25, 0.3) is 0 Å². The zero-order valence-electron chi connectivity index (χ0n) is 13.2. The van der Waals surface area contributed by atoms with Crippen molar-refractivity contribution in [2.24, 2.45) is 5.92 Å². The molecule has 1 fully saturated rings. The molecule has 0 aliphatic heterocycles. The first kappa shape index (κ1) is 16.0. The van der Waals surface area contributed by atoms with Crippen molar-refractivity contribution in [1.29, 1.82) is 0 Å². The van der Waals surface area contributed by atoms with Gasteiger partial charge in [0.15, 0.2) is 5.78 Å². The predicted molar refractivity (Wildman–Crippen MR) is 83.0 cm³/mol. The van der Waals surface area contributed by atoms with Gasteiger partial charge in [0.05, 0.1) is 20.3 Å². The van der Waals surface area contributed by atoms with Gasteiger partial charge in [0.1, 0.15) is 5.75 Å². The number of hydrogen-bond donors (Lipinski definition) is 0. The molecule has 0 spiro atoms. The van der Waals surface area contributed by atoms with E-state index in [0.717, 1.165) is 23.8 Å². The lowest BCUT2D eigenvalue weighted by molar-refractivity contribution is 0.0816. The quantitative estimate of drug-likeness (QED) is 0.656. The molecule has 1 aliphatic rings. The maximum atomic E-state index is 12.4. The van der Waals surface area contributed by atoms with E-state index in [2.05, 4.69) is 11.8 Å². The summed E-state index contributed by atoms with van der Waals surface area (Å²) in [7, 11) is 3.33. The van der Waals surface area contributed by atoms with E-state index in [0.29, 0.717) is 19.2 Å². The second kappa shape index (κ2) is 7.57. The van der Waals surface area contributed by atoms with E-state index in [1.165, 1.54) is 12.8 Å². The Hall–Kier alpha value is -1.39. The maximum Gasteiger partial charge on any atom is 0.176 e. The van der Waals surface area contributed by atoms with Gasteiger partial charge in [0.25, 0.3) is 0 Å². The fraction of sp³-hybridized carbons (Fsp3) is 0.588. The molecular weight excluding hydrogens is 266 g/mol. The number of carbonyl (C=O) groups excluding carboxylic acids is 1. The summed E-state index contributed by atoms with van der Waals surface area (Å²) in [6.45, 7) is 4.13. The van der Waals surface area contributed by atoms with Crippen molar-refractivity contribution in [1.82, 2.24) is 4.90 Å². The summed E-state index contributed by atoms with van der Waals surface area (Å²) in [6.07, 6.45) is 2.56. The number of carbonyl (C=O) groups is 1. The number of Topliss-reactive ketones (excluding diaryl/α,β-unsaturated/α-hetero) is 1. The molecule has 1 aromatic rings. The van der Waals surface area contributed by atoms with Crippen LogP contribution in [0.5, 0.6) is 5.75 Å². The average Bonchev–Trinajstić information content (AvgIpc) is 3.35. The van der Waals surface area contributed by atoms with Crippen LogP contribution in [0.4, 0.5) is 0 Å². The average molecular weight is 291 g/mol. The van der Waals surface area contributed by atoms with Crippen molar-refractivity contribution >= 4 is 5.78 Å². The minimum atomic E-state index is 0.154. The van der Waals surface area contributed by atoms with Crippen molar-refractivity contribution in [3.63, 3.8) is 0 Å². The van der Waals surface area contributed by atoms with Gasteiger partial charge in [-0.05, 0) is 49.9 Å². The Bertz CT molecular complexity index is 454. The molecule has 0 bridgehead atoms. The summed E-state index contributed by atoms with van der Waals surface area (Å²) >= 11 is 0. The first-order chi connectivity index (χ1) is 10.2. The Morgan fingerprint density at radius 3 is 2.48 bits per heavy atom. The van der Waals surface area contributed by atoms with Gasteiger partial charge < -0.3 is 9.47 Å². The van der Waals surface area contributed by atoms with Gasteiger partial charge in [-0.1, -0.05) is 0 Å². The largest absolute Gasteiger partial charge is 0.497 e. The molecule has 0 saturated heterocycles. The highest BCUT2D eigenvalue weighted by Gasteiger charge is 2.32. The van der Waals surface area contributed by atoms with Crippen LogP contribution in [0.1, 0.15) is 30.1 Å². The van der Waals surface area contributed by atoms with Gasteiger partial charge in [-0.15, -0.1) is 0 Å². The van der Waals surface area contributed by atoms with Crippen LogP contribution in [0.3, 0.4) is 0 Å². The summed E-state index contributed by atoms with van der Waals surface area (Å²) in [5.41, 5.74) is 0.737. The monoisotopic (exact) mass is 291 g/mol. The molecule has 0 radical (unpaired) electrons. The first-order valence-corrected chi connectivity index (χ1v) is 7.56. The Morgan fingerprint density at radius 1 is 1.29 bits per heavy atom. The molecule has 21 heavy (non-hydrogen) atoms. The fourth-order valence-corrected chi connectivity index (χ4v) is 2.56. The smallest absolute Gasteiger partial charge is 0.176 e. The number of hydrogen-bond acceptors (Lipinski definition) is 4. The molecular formula is C17H25NO3. The number of methoxy groups -OCH3 is 2. The molecule has 2 rings (SSSR count). The van der Waals surface area contributed by atoms with Crippen molar-refractivity contribution in [3.05, 3.63) is 29.8 Å². The molecule has 4 nitrogen and oxygen atoms in total. The zero-order chi connectivity index (χ0) is 15.2. The number of rotatable bonds is 9. The van der Waals surface area contributed by atoms with Crippen LogP contribution in [0, 0.1) is 5.92 Å². The molecule has 1 atom stereocenters. The molecule has 0 heterocycles. The minimum absolute atomic E-state index is 0.154. The van der Waals surface area contributed by atoms with E-state index < -0.39 is 0 Å². The Labute approximate surface area is 127 Å². The fourth-order valence-electron chi connectivity index (χ4n) is 2.56. The normalized spacial score (nSPS) is 16.0. The van der Waals surface area contributed by atoms with Crippen molar-refractivity contribution in [2.75, 3.05) is 33.9 Å². The predicted octanol–water partition coefficient (Wildman–Crippen LogP) is 2.62. The molecule has 1 aliphatic carbocycles. The second-order valence-electron chi connectivity index (χ2n) is 5.69. The van der Waals surface area contributed by atoms with Gasteiger partial charge in [0, 0.05) is 25.3 Å². The Morgan fingerprint density at radius 2 is 1.95 bits per heavy atom. The first-order valence-electron chi connectivity index (χ1n) is 7.56. The molecule has 0 amide bonds. The number of nitrogens with zero attached hydrogens (tertiary/aromatic N) is 1. The van der Waals surface area contributed by atoms with Gasteiger partial charge in [-0.3, -0.25) is 9.69 Å². The van der Waals surface area contributed by atoms with E-state index in [-0.39, 0.29) is 5.78 Å². The van der Waals surface area contributed by atoms with E-state index in [9.17, 15) is 4.79 Å². The highest BCUT2D eigenvalue weighted by Crippen LogP contribution is 2.35. The van der Waals surface area contributed by atoms with E-state index in [1.807, 2.05) is 24.3 Å². The highest BCUT2D eigenvalue weighted by molar-refractivity contribution is 5.97. The summed E-state index contributed by atoms with van der Waals surface area (Å²) in [4.78, 5) is 14.7. The summed E-state index contributed by atoms with van der Waals surface area (Å²) < 4.78 is 10.3. The maximum absolute atomic E-state index is 12.4. The van der Waals surface area contributed by atoms with Crippen LogP contribution in [-0.2, 0) is 4.74 Å². The van der Waals surface area contributed by atoms with Gasteiger partial charge in [-0.2, -0.15) is 0 Å². The molecule has 1 unspecified atom stereocenters. The van der Waals surface area contributed by atoms with Crippen molar-refractivity contribution in [2.45, 2.75) is 25.8 Å². The molecule has 1 aromatic carbocycles. The molecule has 1 saturated carbocycles. The van der Waals surface area contributed by atoms with Gasteiger partial charge in [0.2, 0.25) is 0 Å². The molecule has 0 aromatic heterocycles. The molecule has 116 valence electrons. The number of ether oxygens (including phenoxy) is 2. The lowest BCUT2D eigenvalue weighted by Gasteiger charge is -2.28. The van der Waals surface area contributed by atoms with E-state index in [1.54, 1.807) is 14.2 Å². The zero-order valence-corrected chi connectivity index (χ0v) is 13.2. The van der Waals surface area contributed by atoms with Crippen LogP contribution in [-0.4, -0.2) is 50.6 Å². The standard InChI is InChI=1S/C17H25NO3/c1-13(14-4-5-14)18(10-11-20-2)12-17(19)15-6-8-16(21-3)9-7-15/h6-9,13-14H,4-5,10-12H2,1-3H3. The molecule has 0 N–H and O–H groups in total. The number of benzene rings is 1. The third-order valence-corrected chi connectivity index (χ3v) is 4.22. The van der Waals surface area contributed by atoms with E-state index >= 15 is 0 Å². The van der Waals surface area contributed by atoms with Crippen molar-refractivity contribution in [3.8, 4) is 5.75 Å². The lowest BCUT2D eigenvalue weighted by Crippen LogP contribution is -2.40. The van der Waals surface area contributed by atoms with Crippen LogP contribution in [0.15, 0.2) is 24.3 Å². The second-order valence-corrected chi connectivity index (χ2v) is 5.69. The van der Waals surface area contributed by atoms with Crippen LogP contribution in [0.2, 0.25) is 0 Å². The van der Waals surface area contributed by atoms with Gasteiger partial charge >= 0.3 is 0 Å². The minimum Gasteiger partial charge on any atom is -0.497 e. The highest BCUT2D eigenvalue weighted by atomic mass is 16.5. The summed E-state index contributed by atoms with van der Waals surface area (Å²) in [5.74, 6) is 1.67. The Balaban J connectivity index is 1.98. The van der Waals surface area contributed by atoms with Crippen LogP contribution < -0.4 is 4.74 Å². The SMILES string of the molecule is COCCN(CC(=O)c1ccc(OC)cc1)C(C)C1CC1. The van der Waals surface area contributed by atoms with E-state index in [4.69, 9.17) is 9.47 Å². The number of ketones is 1. The summed E-state index contributed by atoms with van der Waals surface area (Å²) in [5, 5.41) is 0. The van der Waals surface area contributed by atoms with Crippen molar-refractivity contribution < 1.29 is 14.3 Å². The topological polar surface area (TPSA) is 38.8 Å². The van der Waals surface area contributed by atoms with Crippen LogP contribution >= 0.6 is 0 Å². The third kappa shape index (κ3) is 4.55. The molecule has 4 heteroatoms. The summed E-state index contributed by atoms with van der Waals surface area (Å²) in [6, 6.07) is 7.77. The van der Waals surface area contributed by atoms with Gasteiger partial charge in [-0.25, -0.2) is 0 Å².